The van der Waals surface area contributed by atoms with Crippen molar-refractivity contribution in [2.75, 3.05) is 56.5 Å². The van der Waals surface area contributed by atoms with Crippen LogP contribution in [0.25, 0.3) is 5.69 Å². The standard InChI is InChI=1S/C26H30N6O4/c1-2-36-26(35)22-17-27-32(21-11-7-4-8-12-21)25(22)29-24(34)19-31-15-13-30(14-16-31)18-23(33)28-20-9-5-3-6-10-20/h3-12,17H,2,13-16,18-19H2,1H3,(H,28,33)(H,29,34). The van der Waals surface area contributed by atoms with Gasteiger partial charge in [0, 0.05) is 31.9 Å². The molecule has 0 aliphatic carbocycles. The number of amides is 2. The molecule has 36 heavy (non-hydrogen) atoms. The first-order valence-corrected chi connectivity index (χ1v) is 11.9. The number of piperazine rings is 1. The van der Waals surface area contributed by atoms with Crippen LogP contribution in [0.5, 0.6) is 0 Å². The van der Waals surface area contributed by atoms with Gasteiger partial charge in [-0.25, -0.2) is 9.48 Å². The van der Waals surface area contributed by atoms with Gasteiger partial charge in [0.1, 0.15) is 5.56 Å². The number of benzene rings is 2. The van der Waals surface area contributed by atoms with Crippen molar-refractivity contribution in [1.82, 2.24) is 19.6 Å². The maximum Gasteiger partial charge on any atom is 0.343 e. The fourth-order valence-electron chi connectivity index (χ4n) is 4.00. The van der Waals surface area contributed by atoms with Crippen molar-refractivity contribution in [3.05, 3.63) is 72.4 Å². The van der Waals surface area contributed by atoms with E-state index in [1.165, 1.54) is 10.9 Å². The Morgan fingerprint density at radius 3 is 1.97 bits per heavy atom. The minimum absolute atomic E-state index is 0.0620. The Labute approximate surface area is 209 Å². The molecular weight excluding hydrogens is 460 g/mol. The van der Waals surface area contributed by atoms with Gasteiger partial charge in [0.05, 0.1) is 31.6 Å². The normalized spacial score (nSPS) is 14.2. The molecule has 2 N–H and O–H groups in total. The van der Waals surface area contributed by atoms with Crippen LogP contribution in [-0.2, 0) is 14.3 Å². The molecule has 0 unspecified atom stereocenters. The first-order chi connectivity index (χ1) is 17.5. The van der Waals surface area contributed by atoms with E-state index in [0.29, 0.717) is 38.4 Å². The third-order valence-electron chi connectivity index (χ3n) is 5.78. The van der Waals surface area contributed by atoms with E-state index in [4.69, 9.17) is 4.74 Å². The van der Waals surface area contributed by atoms with Gasteiger partial charge in [0.2, 0.25) is 11.8 Å². The molecule has 1 aliphatic heterocycles. The molecule has 2 amide bonds. The van der Waals surface area contributed by atoms with Crippen molar-refractivity contribution in [2.45, 2.75) is 6.92 Å². The van der Waals surface area contributed by atoms with Crippen LogP contribution in [-0.4, -0.2) is 83.2 Å². The average Bonchev–Trinajstić information content (AvgIpc) is 3.30. The van der Waals surface area contributed by atoms with Crippen LogP contribution in [0.15, 0.2) is 66.9 Å². The minimum Gasteiger partial charge on any atom is -0.462 e. The van der Waals surface area contributed by atoms with Crippen LogP contribution >= 0.6 is 0 Å². The van der Waals surface area contributed by atoms with Gasteiger partial charge in [-0.2, -0.15) is 5.10 Å². The van der Waals surface area contributed by atoms with Gasteiger partial charge in [-0.3, -0.25) is 19.4 Å². The molecular formula is C26H30N6O4. The summed E-state index contributed by atoms with van der Waals surface area (Å²) in [5.74, 6) is -0.584. The van der Waals surface area contributed by atoms with Gasteiger partial charge in [-0.05, 0) is 31.2 Å². The van der Waals surface area contributed by atoms with Gasteiger partial charge in [-0.1, -0.05) is 36.4 Å². The highest BCUT2D eigenvalue weighted by Gasteiger charge is 2.24. The van der Waals surface area contributed by atoms with E-state index < -0.39 is 5.97 Å². The van der Waals surface area contributed by atoms with Crippen LogP contribution in [0.1, 0.15) is 17.3 Å². The van der Waals surface area contributed by atoms with Gasteiger partial charge in [0.25, 0.3) is 0 Å². The average molecular weight is 491 g/mol. The van der Waals surface area contributed by atoms with Crippen LogP contribution < -0.4 is 10.6 Å². The second-order valence-corrected chi connectivity index (χ2v) is 8.39. The van der Waals surface area contributed by atoms with Crippen molar-refractivity contribution in [3.8, 4) is 5.69 Å². The molecule has 0 bridgehead atoms. The Balaban J connectivity index is 1.32. The lowest BCUT2D eigenvalue weighted by molar-refractivity contribution is -0.120. The fourth-order valence-corrected chi connectivity index (χ4v) is 4.00. The highest BCUT2D eigenvalue weighted by molar-refractivity contribution is 6.01. The van der Waals surface area contributed by atoms with Crippen LogP contribution in [0.3, 0.4) is 0 Å². The molecule has 1 aliphatic rings. The second kappa shape index (κ2) is 12.1. The number of para-hydroxylation sites is 2. The summed E-state index contributed by atoms with van der Waals surface area (Å²) in [6, 6.07) is 18.6. The van der Waals surface area contributed by atoms with Crippen molar-refractivity contribution in [2.24, 2.45) is 0 Å². The van der Waals surface area contributed by atoms with E-state index in [-0.39, 0.29) is 36.3 Å². The molecule has 1 saturated heterocycles. The van der Waals surface area contributed by atoms with Crippen LogP contribution in [0, 0.1) is 0 Å². The Morgan fingerprint density at radius 2 is 1.39 bits per heavy atom. The number of hydrogen-bond donors (Lipinski definition) is 2. The van der Waals surface area contributed by atoms with Crippen LogP contribution in [0.4, 0.5) is 11.5 Å². The van der Waals surface area contributed by atoms with Gasteiger partial charge >= 0.3 is 5.97 Å². The SMILES string of the molecule is CCOC(=O)c1cnn(-c2ccccc2)c1NC(=O)CN1CCN(CC(=O)Nc2ccccc2)CC1. The quantitative estimate of drug-likeness (QED) is 0.443. The summed E-state index contributed by atoms with van der Waals surface area (Å²) >= 11 is 0. The summed E-state index contributed by atoms with van der Waals surface area (Å²) < 4.78 is 6.66. The summed E-state index contributed by atoms with van der Waals surface area (Å²) in [5.41, 5.74) is 1.68. The Bertz CT molecular complexity index is 1170. The zero-order chi connectivity index (χ0) is 25.3. The maximum absolute atomic E-state index is 12.9. The molecule has 1 aromatic heterocycles. The summed E-state index contributed by atoms with van der Waals surface area (Å²) in [7, 11) is 0. The molecule has 1 fully saturated rings. The lowest BCUT2D eigenvalue weighted by Gasteiger charge is -2.33. The summed E-state index contributed by atoms with van der Waals surface area (Å²) in [6.45, 7) is 5.04. The van der Waals surface area contributed by atoms with Gasteiger partial charge < -0.3 is 15.4 Å². The lowest BCUT2D eigenvalue weighted by atomic mass is 10.2. The predicted octanol–water partition coefficient (Wildman–Crippen LogP) is 2.24. The molecule has 3 aromatic rings. The third kappa shape index (κ3) is 6.55. The first-order valence-electron chi connectivity index (χ1n) is 11.9. The van der Waals surface area contributed by atoms with Gasteiger partial charge in [0.15, 0.2) is 5.82 Å². The van der Waals surface area contributed by atoms with Crippen molar-refractivity contribution < 1.29 is 19.1 Å². The Morgan fingerprint density at radius 1 is 0.833 bits per heavy atom. The van der Waals surface area contributed by atoms with Crippen molar-refractivity contribution in [1.29, 1.82) is 0 Å². The number of nitrogens with one attached hydrogen (secondary N) is 2. The smallest absolute Gasteiger partial charge is 0.343 e. The number of ether oxygens (including phenoxy) is 1. The Kier molecular flexibility index (Phi) is 8.43. The molecule has 2 aromatic carbocycles. The van der Waals surface area contributed by atoms with E-state index in [1.807, 2.05) is 65.6 Å². The van der Waals surface area contributed by atoms with E-state index in [1.54, 1.807) is 6.92 Å². The monoisotopic (exact) mass is 490 g/mol. The number of esters is 1. The molecule has 2 heterocycles. The summed E-state index contributed by atoms with van der Waals surface area (Å²) in [4.78, 5) is 41.8. The van der Waals surface area contributed by atoms with E-state index >= 15 is 0 Å². The van der Waals surface area contributed by atoms with Crippen molar-refractivity contribution in [3.63, 3.8) is 0 Å². The van der Waals surface area contributed by atoms with Crippen molar-refractivity contribution >= 4 is 29.3 Å². The van der Waals surface area contributed by atoms with E-state index in [9.17, 15) is 14.4 Å². The fraction of sp³-hybridized carbons (Fsp3) is 0.308. The zero-order valence-electron chi connectivity index (χ0n) is 20.2. The van der Waals surface area contributed by atoms with Crippen LogP contribution in [0.2, 0.25) is 0 Å². The molecule has 10 heteroatoms. The second-order valence-electron chi connectivity index (χ2n) is 8.39. The molecule has 0 atom stereocenters. The van der Waals surface area contributed by atoms with Gasteiger partial charge in [-0.15, -0.1) is 0 Å². The Hall–Kier alpha value is -4.02. The maximum atomic E-state index is 12.9. The highest BCUT2D eigenvalue weighted by Crippen LogP contribution is 2.21. The number of rotatable bonds is 9. The largest absolute Gasteiger partial charge is 0.462 e. The molecule has 4 rings (SSSR count). The summed E-state index contributed by atoms with van der Waals surface area (Å²) in [6.07, 6.45) is 1.40. The highest BCUT2D eigenvalue weighted by atomic mass is 16.5. The number of aromatic nitrogens is 2. The molecule has 188 valence electrons. The number of carbonyl (C=O) groups is 3. The first kappa shape index (κ1) is 25.1. The molecule has 0 spiro atoms. The predicted molar refractivity (Wildman–Crippen MR) is 136 cm³/mol. The third-order valence-corrected chi connectivity index (χ3v) is 5.78. The topological polar surface area (TPSA) is 109 Å². The summed E-state index contributed by atoms with van der Waals surface area (Å²) in [5, 5.41) is 10.1. The number of hydrogen-bond acceptors (Lipinski definition) is 7. The molecule has 10 nitrogen and oxygen atoms in total. The van der Waals surface area contributed by atoms with E-state index in [0.717, 1.165) is 5.69 Å². The minimum atomic E-state index is -0.544. The van der Waals surface area contributed by atoms with E-state index in [2.05, 4.69) is 20.6 Å². The number of carbonyl (C=O) groups excluding carboxylic acids is 3. The number of nitrogens with zero attached hydrogens (tertiary/aromatic N) is 4. The zero-order valence-corrected chi connectivity index (χ0v) is 20.2. The number of anilines is 2. The molecule has 0 radical (unpaired) electrons. The molecule has 0 saturated carbocycles. The lowest BCUT2D eigenvalue weighted by Crippen LogP contribution is -2.50.